The van der Waals surface area contributed by atoms with E-state index in [4.69, 9.17) is 0 Å². The third-order valence-electron chi connectivity index (χ3n) is 4.39. The number of thiophene rings is 1. The van der Waals surface area contributed by atoms with Crippen LogP contribution in [0.25, 0.3) is 10.6 Å². The highest BCUT2D eigenvalue weighted by Crippen LogP contribution is 2.25. The minimum Gasteiger partial charge on any atom is -0.357 e. The van der Waals surface area contributed by atoms with Crippen molar-refractivity contribution in [3.05, 3.63) is 51.8 Å². The zero-order valence-electron chi connectivity index (χ0n) is 14.4. The van der Waals surface area contributed by atoms with Crippen LogP contribution < -0.4 is 10.2 Å². The predicted molar refractivity (Wildman–Crippen MR) is 107 cm³/mol. The molecule has 7 heteroatoms. The monoisotopic (exact) mass is 384 g/mol. The molecule has 1 aliphatic rings. The summed E-state index contributed by atoms with van der Waals surface area (Å²) in [5.74, 6) is 1.01. The molecule has 5 nitrogen and oxygen atoms in total. The number of carbonyl (C=O) groups excluding carboxylic acids is 1. The van der Waals surface area contributed by atoms with E-state index in [1.807, 2.05) is 35.2 Å². The van der Waals surface area contributed by atoms with Crippen LogP contribution in [0.15, 0.2) is 40.5 Å². The first-order chi connectivity index (χ1) is 12.8. The lowest BCUT2D eigenvalue weighted by Gasteiger charge is -2.16. The fourth-order valence-corrected chi connectivity index (χ4v) is 4.52. The van der Waals surface area contributed by atoms with Crippen LogP contribution in [0.4, 0.5) is 5.82 Å². The highest BCUT2D eigenvalue weighted by atomic mass is 32.1. The molecule has 0 bridgehead atoms. The van der Waals surface area contributed by atoms with E-state index in [0.717, 1.165) is 40.7 Å². The molecule has 1 fully saturated rings. The van der Waals surface area contributed by atoms with Gasteiger partial charge in [-0.25, -0.2) is 9.97 Å². The van der Waals surface area contributed by atoms with Gasteiger partial charge in [-0.3, -0.25) is 4.79 Å². The number of rotatable bonds is 6. The lowest BCUT2D eigenvalue weighted by molar-refractivity contribution is -0.120. The van der Waals surface area contributed by atoms with Crippen molar-refractivity contribution in [1.82, 2.24) is 15.3 Å². The van der Waals surface area contributed by atoms with E-state index in [2.05, 4.69) is 25.6 Å². The van der Waals surface area contributed by atoms with Crippen LogP contribution in [-0.2, 0) is 17.8 Å². The molecular formula is C19H20N4OS2. The van der Waals surface area contributed by atoms with Crippen LogP contribution in [0.3, 0.4) is 0 Å². The Hall–Kier alpha value is -2.25. The van der Waals surface area contributed by atoms with Crippen LogP contribution in [0.5, 0.6) is 0 Å². The van der Waals surface area contributed by atoms with Crippen LogP contribution >= 0.6 is 22.7 Å². The van der Waals surface area contributed by atoms with Gasteiger partial charge in [0.2, 0.25) is 5.91 Å². The van der Waals surface area contributed by atoms with E-state index in [1.54, 1.807) is 22.7 Å². The van der Waals surface area contributed by atoms with Crippen LogP contribution in [0.2, 0.25) is 0 Å². The van der Waals surface area contributed by atoms with Crippen molar-refractivity contribution in [3.63, 3.8) is 0 Å². The first-order valence-corrected chi connectivity index (χ1v) is 10.5. The number of thiazole rings is 1. The Kier molecular flexibility index (Phi) is 5.26. The van der Waals surface area contributed by atoms with Gasteiger partial charge < -0.3 is 10.2 Å². The number of hydrogen-bond acceptors (Lipinski definition) is 6. The lowest BCUT2D eigenvalue weighted by atomic mass is 10.2. The molecule has 0 saturated carbocycles. The van der Waals surface area contributed by atoms with E-state index < -0.39 is 0 Å². The van der Waals surface area contributed by atoms with E-state index in [1.165, 1.54) is 12.8 Å². The summed E-state index contributed by atoms with van der Waals surface area (Å²) < 4.78 is 0. The molecule has 1 N–H and O–H groups in total. The molecule has 26 heavy (non-hydrogen) atoms. The maximum absolute atomic E-state index is 12.2. The Morgan fingerprint density at radius 1 is 1.19 bits per heavy atom. The molecule has 1 saturated heterocycles. The molecule has 0 spiro atoms. The molecule has 0 unspecified atom stereocenters. The molecule has 0 aromatic carbocycles. The fraction of sp³-hybridized carbons (Fsp3) is 0.316. The maximum Gasteiger partial charge on any atom is 0.226 e. The van der Waals surface area contributed by atoms with Gasteiger partial charge in [0.1, 0.15) is 10.8 Å². The Balaban J connectivity index is 1.28. The number of amides is 1. The molecule has 1 amide bonds. The summed E-state index contributed by atoms with van der Waals surface area (Å²) in [6.07, 6.45) is 4.64. The van der Waals surface area contributed by atoms with Gasteiger partial charge in [-0.1, -0.05) is 6.07 Å². The lowest BCUT2D eigenvalue weighted by Crippen LogP contribution is -2.25. The largest absolute Gasteiger partial charge is 0.357 e. The van der Waals surface area contributed by atoms with Crippen LogP contribution in [0, 0.1) is 0 Å². The van der Waals surface area contributed by atoms with Gasteiger partial charge in [-0.05, 0) is 35.9 Å². The van der Waals surface area contributed by atoms with E-state index >= 15 is 0 Å². The molecule has 3 aromatic rings. The van der Waals surface area contributed by atoms with E-state index in [9.17, 15) is 4.79 Å². The third-order valence-corrected chi connectivity index (χ3v) is 6.01. The van der Waals surface area contributed by atoms with Gasteiger partial charge in [0.15, 0.2) is 0 Å². The Labute approximate surface area is 160 Å². The van der Waals surface area contributed by atoms with Gasteiger partial charge >= 0.3 is 0 Å². The van der Waals surface area contributed by atoms with Crippen molar-refractivity contribution in [2.75, 3.05) is 18.0 Å². The van der Waals surface area contributed by atoms with Gasteiger partial charge in [0.05, 0.1) is 12.1 Å². The number of pyridine rings is 1. The predicted octanol–water partition coefficient (Wildman–Crippen LogP) is 3.73. The molecule has 0 radical (unpaired) electrons. The molecule has 3 aromatic heterocycles. The second-order valence-electron chi connectivity index (χ2n) is 6.33. The smallest absolute Gasteiger partial charge is 0.226 e. The summed E-state index contributed by atoms with van der Waals surface area (Å²) in [4.78, 5) is 23.6. The Morgan fingerprint density at radius 3 is 2.81 bits per heavy atom. The first-order valence-electron chi connectivity index (χ1n) is 8.71. The number of carbonyl (C=O) groups is 1. The quantitative estimate of drug-likeness (QED) is 0.704. The minimum absolute atomic E-state index is 0.0178. The average molecular weight is 385 g/mol. The molecule has 0 aliphatic carbocycles. The summed E-state index contributed by atoms with van der Waals surface area (Å²) in [7, 11) is 0. The molecular weight excluding hydrogens is 364 g/mol. The zero-order valence-corrected chi connectivity index (χ0v) is 16.0. The van der Waals surface area contributed by atoms with Crippen molar-refractivity contribution >= 4 is 34.4 Å². The standard InChI is InChI=1S/C19H20N4OS2/c24-18(9-16-13-26-19(22-16)15-5-8-25-12-15)21-11-14-3-4-17(20-10-14)23-6-1-2-7-23/h3-5,8,10,12-13H,1-2,6-7,9,11H2,(H,21,24). The van der Waals surface area contributed by atoms with Crippen LogP contribution in [0.1, 0.15) is 24.1 Å². The third kappa shape index (κ3) is 4.11. The highest BCUT2D eigenvalue weighted by Gasteiger charge is 2.13. The second-order valence-corrected chi connectivity index (χ2v) is 7.97. The average Bonchev–Trinajstić information content (AvgIpc) is 3.41. The summed E-state index contributed by atoms with van der Waals surface area (Å²) in [5, 5.41) is 9.99. The first kappa shape index (κ1) is 17.2. The molecule has 0 atom stereocenters. The maximum atomic E-state index is 12.2. The Bertz CT molecular complexity index is 852. The molecule has 4 rings (SSSR count). The van der Waals surface area contributed by atoms with Crippen molar-refractivity contribution in [1.29, 1.82) is 0 Å². The van der Waals surface area contributed by atoms with Crippen molar-refractivity contribution in [2.24, 2.45) is 0 Å². The van der Waals surface area contributed by atoms with E-state index in [-0.39, 0.29) is 5.91 Å². The normalized spacial score (nSPS) is 13.9. The number of anilines is 1. The summed E-state index contributed by atoms with van der Waals surface area (Å²) >= 11 is 3.23. The summed E-state index contributed by atoms with van der Waals surface area (Å²) in [5.41, 5.74) is 2.95. The summed E-state index contributed by atoms with van der Waals surface area (Å²) in [6, 6.07) is 6.13. The number of hydrogen-bond donors (Lipinski definition) is 1. The summed E-state index contributed by atoms with van der Waals surface area (Å²) in [6.45, 7) is 2.67. The Morgan fingerprint density at radius 2 is 2.08 bits per heavy atom. The zero-order chi connectivity index (χ0) is 17.8. The molecule has 1 aliphatic heterocycles. The fourth-order valence-electron chi connectivity index (χ4n) is 2.99. The number of nitrogens with zero attached hydrogens (tertiary/aromatic N) is 3. The van der Waals surface area contributed by atoms with Crippen molar-refractivity contribution < 1.29 is 4.79 Å². The number of aromatic nitrogens is 2. The van der Waals surface area contributed by atoms with Crippen LogP contribution in [-0.4, -0.2) is 29.0 Å². The SMILES string of the molecule is O=C(Cc1csc(-c2ccsc2)n1)NCc1ccc(N2CCCC2)nc1. The topological polar surface area (TPSA) is 58.1 Å². The highest BCUT2D eigenvalue weighted by molar-refractivity contribution is 7.14. The van der Waals surface area contributed by atoms with Gasteiger partial charge in [-0.2, -0.15) is 11.3 Å². The molecule has 4 heterocycles. The van der Waals surface area contributed by atoms with Crippen molar-refractivity contribution in [2.45, 2.75) is 25.8 Å². The van der Waals surface area contributed by atoms with Gasteiger partial charge in [0, 0.05) is 42.2 Å². The van der Waals surface area contributed by atoms with Gasteiger partial charge in [0.25, 0.3) is 0 Å². The van der Waals surface area contributed by atoms with Crippen molar-refractivity contribution in [3.8, 4) is 10.6 Å². The minimum atomic E-state index is -0.0178. The molecule has 134 valence electrons. The number of nitrogens with one attached hydrogen (secondary N) is 1. The van der Waals surface area contributed by atoms with E-state index in [0.29, 0.717) is 13.0 Å². The van der Waals surface area contributed by atoms with Gasteiger partial charge in [-0.15, -0.1) is 11.3 Å². The second kappa shape index (κ2) is 7.97.